The molecule has 0 radical (unpaired) electrons. The molecule has 0 saturated heterocycles. The molecule has 0 spiro atoms. The van der Waals surface area contributed by atoms with Gasteiger partial charge in [0, 0.05) is 19.7 Å². The highest BCUT2D eigenvalue weighted by molar-refractivity contribution is 14.0. The van der Waals surface area contributed by atoms with Crippen LogP contribution in [0.15, 0.2) is 21.8 Å². The van der Waals surface area contributed by atoms with Crippen molar-refractivity contribution >= 4 is 41.3 Å². The molecule has 0 fully saturated rings. The smallest absolute Gasteiger partial charge is 0.191 e. The van der Waals surface area contributed by atoms with Crippen LogP contribution in [-0.4, -0.2) is 56.8 Å². The topological polar surface area (TPSA) is 48.9 Å². The summed E-state index contributed by atoms with van der Waals surface area (Å²) in [6.45, 7) is 14.4. The minimum Gasteiger partial charge on any atom is -0.380 e. The Hall–Kier alpha value is -0.380. The molecular weight excluding hydrogens is 435 g/mol. The first-order chi connectivity index (χ1) is 11.3. The van der Waals surface area contributed by atoms with E-state index in [2.05, 4.69) is 53.1 Å². The Labute approximate surface area is 168 Å². The number of halogens is 1. The number of hydrogen-bond donors (Lipinski definition) is 2. The number of guanidine groups is 1. The SMILES string of the molecule is CCNC(=NCC(c1ccsc1)N(CC)CC)NCCOCC.I. The van der Waals surface area contributed by atoms with Crippen molar-refractivity contribution in [3.8, 4) is 0 Å². The van der Waals surface area contributed by atoms with Gasteiger partial charge in [-0.2, -0.15) is 11.3 Å². The molecule has 1 aromatic heterocycles. The molecular formula is C17H33IN4OS. The van der Waals surface area contributed by atoms with Crippen molar-refractivity contribution in [2.45, 2.75) is 33.7 Å². The maximum atomic E-state index is 5.37. The summed E-state index contributed by atoms with van der Waals surface area (Å²) < 4.78 is 5.37. The summed E-state index contributed by atoms with van der Waals surface area (Å²) in [5, 5.41) is 11.0. The zero-order valence-electron chi connectivity index (χ0n) is 15.4. The van der Waals surface area contributed by atoms with E-state index in [4.69, 9.17) is 9.73 Å². The first-order valence-electron chi connectivity index (χ1n) is 8.62. The van der Waals surface area contributed by atoms with Gasteiger partial charge in [0.15, 0.2) is 5.96 Å². The highest BCUT2D eigenvalue weighted by Crippen LogP contribution is 2.23. The average molecular weight is 468 g/mol. The summed E-state index contributed by atoms with van der Waals surface area (Å²) in [5.74, 6) is 0.861. The molecule has 0 amide bonds. The Morgan fingerprint density at radius 1 is 1.25 bits per heavy atom. The Kier molecular flexibility index (Phi) is 14.7. The Bertz CT molecular complexity index is 424. The number of rotatable bonds is 11. The van der Waals surface area contributed by atoms with Crippen LogP contribution in [0.3, 0.4) is 0 Å². The predicted molar refractivity (Wildman–Crippen MR) is 116 cm³/mol. The second-order valence-electron chi connectivity index (χ2n) is 5.14. The van der Waals surface area contributed by atoms with Crippen molar-refractivity contribution in [1.82, 2.24) is 15.5 Å². The van der Waals surface area contributed by atoms with Crippen LogP contribution in [0.2, 0.25) is 0 Å². The second-order valence-corrected chi connectivity index (χ2v) is 5.92. The molecule has 1 rings (SSSR count). The summed E-state index contributed by atoms with van der Waals surface area (Å²) in [4.78, 5) is 7.24. The van der Waals surface area contributed by atoms with Crippen molar-refractivity contribution in [2.75, 3.05) is 45.9 Å². The maximum Gasteiger partial charge on any atom is 0.191 e. The summed E-state index contributed by atoms with van der Waals surface area (Å²) in [6.07, 6.45) is 0. The second kappa shape index (κ2) is 14.9. The third kappa shape index (κ3) is 8.64. The van der Waals surface area contributed by atoms with E-state index in [0.29, 0.717) is 12.6 Å². The van der Waals surface area contributed by atoms with Crippen LogP contribution in [0.5, 0.6) is 0 Å². The van der Waals surface area contributed by atoms with E-state index in [1.165, 1.54) is 5.56 Å². The fraction of sp³-hybridized carbons (Fsp3) is 0.706. The van der Waals surface area contributed by atoms with Gasteiger partial charge >= 0.3 is 0 Å². The van der Waals surface area contributed by atoms with Gasteiger partial charge in [-0.1, -0.05) is 13.8 Å². The highest BCUT2D eigenvalue weighted by atomic mass is 127. The largest absolute Gasteiger partial charge is 0.380 e. The minimum absolute atomic E-state index is 0. The lowest BCUT2D eigenvalue weighted by Gasteiger charge is -2.28. The number of aliphatic imine (C=N–C) groups is 1. The van der Waals surface area contributed by atoms with E-state index in [-0.39, 0.29) is 24.0 Å². The molecule has 0 saturated carbocycles. The summed E-state index contributed by atoms with van der Waals surface area (Å²) in [5.41, 5.74) is 1.35. The van der Waals surface area contributed by atoms with Crippen molar-refractivity contribution in [2.24, 2.45) is 4.99 Å². The Morgan fingerprint density at radius 2 is 2.00 bits per heavy atom. The van der Waals surface area contributed by atoms with E-state index >= 15 is 0 Å². The number of likely N-dealkylation sites (N-methyl/N-ethyl adjacent to an activating group) is 1. The van der Waals surface area contributed by atoms with E-state index < -0.39 is 0 Å². The normalized spacial score (nSPS) is 12.8. The average Bonchev–Trinajstić information content (AvgIpc) is 3.09. The zero-order valence-corrected chi connectivity index (χ0v) is 18.5. The van der Waals surface area contributed by atoms with E-state index in [9.17, 15) is 0 Å². The van der Waals surface area contributed by atoms with Crippen molar-refractivity contribution in [3.63, 3.8) is 0 Å². The molecule has 0 bridgehead atoms. The van der Waals surface area contributed by atoms with Crippen LogP contribution in [-0.2, 0) is 4.74 Å². The Balaban J connectivity index is 0.00000529. The summed E-state index contributed by atoms with van der Waals surface area (Å²) in [7, 11) is 0. The molecule has 1 atom stereocenters. The van der Waals surface area contributed by atoms with Crippen molar-refractivity contribution < 1.29 is 4.74 Å². The maximum absolute atomic E-state index is 5.37. The predicted octanol–water partition coefficient (Wildman–Crippen LogP) is 3.34. The summed E-state index contributed by atoms with van der Waals surface area (Å²) in [6, 6.07) is 2.54. The van der Waals surface area contributed by atoms with Crippen LogP contribution >= 0.6 is 35.3 Å². The Morgan fingerprint density at radius 3 is 2.54 bits per heavy atom. The van der Waals surface area contributed by atoms with Crippen LogP contribution < -0.4 is 10.6 Å². The zero-order chi connectivity index (χ0) is 16.9. The fourth-order valence-electron chi connectivity index (χ4n) is 2.47. The molecule has 2 N–H and O–H groups in total. The molecule has 1 aromatic rings. The highest BCUT2D eigenvalue weighted by Gasteiger charge is 2.18. The summed E-state index contributed by atoms with van der Waals surface area (Å²) >= 11 is 1.75. The van der Waals surface area contributed by atoms with Gasteiger partial charge in [-0.3, -0.25) is 9.89 Å². The molecule has 7 heteroatoms. The molecule has 1 heterocycles. The lowest BCUT2D eigenvalue weighted by atomic mass is 10.1. The van der Waals surface area contributed by atoms with Crippen LogP contribution in [0.25, 0.3) is 0 Å². The van der Waals surface area contributed by atoms with Gasteiger partial charge in [0.2, 0.25) is 0 Å². The quantitative estimate of drug-likeness (QED) is 0.226. The van der Waals surface area contributed by atoms with Crippen LogP contribution in [0, 0.1) is 0 Å². The third-order valence-corrected chi connectivity index (χ3v) is 4.39. The molecule has 24 heavy (non-hydrogen) atoms. The van der Waals surface area contributed by atoms with E-state index in [1.54, 1.807) is 11.3 Å². The third-order valence-electron chi connectivity index (χ3n) is 3.69. The molecule has 1 unspecified atom stereocenters. The van der Waals surface area contributed by atoms with Gasteiger partial charge in [0.05, 0.1) is 19.2 Å². The minimum atomic E-state index is 0. The lowest BCUT2D eigenvalue weighted by molar-refractivity contribution is 0.152. The van der Waals surface area contributed by atoms with Crippen molar-refractivity contribution in [1.29, 1.82) is 0 Å². The first-order valence-corrected chi connectivity index (χ1v) is 9.57. The standard InChI is InChI=1S/C17H32N4OS.HI/c1-5-18-17(19-10-11-22-8-4)20-13-16(21(6-2)7-3)15-9-12-23-14-15;/h9,12,14,16H,5-8,10-11,13H2,1-4H3,(H2,18,19,20);1H. The van der Waals surface area contributed by atoms with Gasteiger partial charge in [-0.05, 0) is 49.3 Å². The van der Waals surface area contributed by atoms with E-state index in [0.717, 1.165) is 45.3 Å². The number of nitrogens with zero attached hydrogens (tertiary/aromatic N) is 2. The number of ether oxygens (including phenoxy) is 1. The van der Waals surface area contributed by atoms with Gasteiger partial charge in [0.1, 0.15) is 0 Å². The first kappa shape index (κ1) is 23.6. The van der Waals surface area contributed by atoms with Gasteiger partial charge < -0.3 is 15.4 Å². The number of thiophene rings is 1. The molecule has 0 aliphatic carbocycles. The molecule has 0 aliphatic rings. The van der Waals surface area contributed by atoms with Gasteiger partial charge in [-0.25, -0.2) is 0 Å². The number of nitrogens with one attached hydrogen (secondary N) is 2. The molecule has 0 aromatic carbocycles. The lowest BCUT2D eigenvalue weighted by Crippen LogP contribution is -2.40. The van der Waals surface area contributed by atoms with Gasteiger partial charge in [0.25, 0.3) is 0 Å². The van der Waals surface area contributed by atoms with E-state index in [1.807, 2.05) is 6.92 Å². The molecule has 0 aliphatic heterocycles. The number of hydrogen-bond acceptors (Lipinski definition) is 4. The van der Waals surface area contributed by atoms with Crippen molar-refractivity contribution in [3.05, 3.63) is 22.4 Å². The monoisotopic (exact) mass is 468 g/mol. The van der Waals surface area contributed by atoms with Gasteiger partial charge in [-0.15, -0.1) is 24.0 Å². The fourth-order valence-corrected chi connectivity index (χ4v) is 3.17. The van der Waals surface area contributed by atoms with Crippen LogP contribution in [0.4, 0.5) is 0 Å². The molecule has 5 nitrogen and oxygen atoms in total. The van der Waals surface area contributed by atoms with Crippen LogP contribution in [0.1, 0.15) is 39.3 Å². The molecule has 140 valence electrons.